The van der Waals surface area contributed by atoms with E-state index in [0.717, 1.165) is 68.0 Å². The molecule has 2 amide bonds. The Kier molecular flexibility index (Phi) is 3040. The summed E-state index contributed by atoms with van der Waals surface area (Å²) in [5.74, 6) is 2.54. The molecule has 7 nitrogen and oxygen atoms in total. The van der Waals surface area contributed by atoms with Crippen molar-refractivity contribution in [2.75, 3.05) is 46.9 Å². The van der Waals surface area contributed by atoms with Crippen LogP contribution in [0.4, 0.5) is 0 Å². The standard InChI is InChI=1S/C13H19NO2P2.C7H7ClO.C6H13NOP2.CH2O.CH4S.60CH4.2Al.3BrH.15ClH.Cs.2Cu.3HI.2K.3Li.3Na.2Zn/c1-13(7-8-14(12(13)15)18-17-3)10-5-4-6-11(9-10)16-2;1-9-7-4-2-3-6(8)5-7;1-5-3-4-7(6(5)8)10-9-2;2*1-2;;;;;;;;;;;;;;;;;;;;;;;;;;;;;;;;;;;;;;;;;;;;;;;;;;;;;;;;;;;;;;;;;;;;;;;;;;;;;;;;;;;;;;;;;;;;;;;;/h4-6,9,17-18H,7-8H2,1-3H3;2-5H,1H3;5,9-10H,3-4H2,1-2H3;1H2;2H,1H3;60*1H4;;;18*1H;;;;3*1H;;;;;;;;;;/q;;;;;;;;;;;;;;;;;;;;;;;;;;;;;;;;;;;;;;;;;;;;;;;;;;;;;;;;;;;;;;;;;2*+3;;;;;;;;;;;;;;;;;;;3*+1;;;;8*+1;2*+2/p-21/i;;;2*1D;;;;;;;;;;;;;;;;;;;;;;;;;;;;;;;;;;;;;;;;;;;;;;;;;;;;;;;;;;;;;;;;;;;;;;;;;;;;;;;;;;;;;;;;;;;;;;;;. The molecule has 6 unspecified atom stereocenters. The maximum Gasteiger partial charge on any atom is 1.00 e. The van der Waals surface area contributed by atoms with Gasteiger partial charge in [-0.05, 0) is 75.2 Å². The molecule has 0 bridgehead atoms. The number of ether oxygens (including phenoxy) is 2. The van der Waals surface area contributed by atoms with E-state index in [4.69, 9.17) is 128 Å². The summed E-state index contributed by atoms with van der Waals surface area (Å²) in [6.07, 6.45) is 2.16. The topological polar surface area (TPSA) is 76.2 Å². The summed E-state index contributed by atoms with van der Waals surface area (Å²) in [5.41, 5.74) is 0.694. The molecule has 2 saturated heterocycles. The van der Waals surface area contributed by atoms with E-state index in [0.29, 0.717) is 25.3 Å². The summed E-state index contributed by atoms with van der Waals surface area (Å²) in [6.45, 7) is 10.2. The zero-order valence-corrected chi connectivity index (χ0v) is 102. The second kappa shape index (κ2) is 599. The monoisotopic (exact) mass is 3390 g/mol. The van der Waals surface area contributed by atoms with Crippen molar-refractivity contribution in [1.82, 2.24) is 9.34 Å². The van der Waals surface area contributed by atoms with Crippen LogP contribution in [0.5, 0.6) is 11.5 Å². The van der Waals surface area contributed by atoms with Crippen molar-refractivity contribution in [2.24, 2.45) is 5.92 Å². The van der Waals surface area contributed by atoms with Gasteiger partial charge in [0.05, 0.1) is 19.6 Å². The maximum absolute atomic E-state index is 12.5. The first kappa shape index (κ1) is 695. The van der Waals surface area contributed by atoms with E-state index in [1.807, 2.05) is 65.7 Å². The maximum atomic E-state index is 12.5. The van der Waals surface area contributed by atoms with Crippen molar-refractivity contribution in [3.8, 4) is 11.5 Å². The van der Waals surface area contributed by atoms with Gasteiger partial charge in [-0.15, -0.1) is 0 Å². The summed E-state index contributed by atoms with van der Waals surface area (Å²) in [4.78, 5) is 32.2. The van der Waals surface area contributed by atoms with Crippen molar-refractivity contribution < 1.29 is 536 Å². The number of hydrogen-bond acceptors (Lipinski definition) is 6. The average molecular weight is 3410 g/mol. The van der Waals surface area contributed by atoms with Crippen molar-refractivity contribution in [1.29, 1.82) is 0 Å². The van der Waals surface area contributed by atoms with Gasteiger partial charge in [0.2, 0.25) is 11.8 Å². The van der Waals surface area contributed by atoms with Gasteiger partial charge >= 0.3 is 475 Å². The van der Waals surface area contributed by atoms with E-state index in [1.54, 1.807) is 61.0 Å². The summed E-state index contributed by atoms with van der Waals surface area (Å²) in [6, 6.07) is 15.2. The fourth-order valence-corrected chi connectivity index (χ4v) is 8.77. The Bertz CT molecular complexity index is 1450. The number of carbonyl (C=O) groups is 3. The summed E-state index contributed by atoms with van der Waals surface area (Å²) < 4.78 is 25.8. The molecule has 2 heterocycles. The molecule has 2 aliphatic rings. The quantitative estimate of drug-likeness (QED) is 0.176. The second-order valence-electron chi connectivity index (χ2n) is 9.53. The Labute approximate surface area is 1360 Å². The molecule has 0 aliphatic carbocycles. The van der Waals surface area contributed by atoms with Gasteiger partial charge in [0.1, 0.15) is 19.6 Å². The van der Waals surface area contributed by atoms with Crippen LogP contribution >= 0.6 is 197 Å². The number of benzene rings is 2. The summed E-state index contributed by atoms with van der Waals surface area (Å²) in [7, 11) is 55.8. The molecule has 2 aliphatic heterocycles. The van der Waals surface area contributed by atoms with Crippen molar-refractivity contribution in [3.05, 3.63) is 59.1 Å². The van der Waals surface area contributed by atoms with Crippen LogP contribution in [0.3, 0.4) is 0 Å². The predicted molar refractivity (Wildman–Crippen MR) is 689 cm³/mol. The van der Waals surface area contributed by atoms with Crippen LogP contribution in [0.15, 0.2) is 48.5 Å². The number of halogens is 22. The number of rotatable bonds is 7. The number of thiol groups is 1. The van der Waals surface area contributed by atoms with Crippen LogP contribution in [-0.4, -0.2) is 97.6 Å². The van der Waals surface area contributed by atoms with Gasteiger partial charge in [0.15, 0.2) is 0 Å². The van der Waals surface area contributed by atoms with Gasteiger partial charge in [-0.2, -0.15) is 12.6 Å². The molecule has 898 valence electrons. The summed E-state index contributed by atoms with van der Waals surface area (Å²) in [5, 5.41) is 0.703. The predicted octanol–water partition coefficient (Wildman–Crippen LogP) is -0.484. The van der Waals surface area contributed by atoms with Crippen LogP contribution in [0, 0.1) is 5.92 Å². The first-order valence-corrected chi connectivity index (χ1v) is 55.3. The Morgan fingerprint density at radius 1 is 0.438 bits per heavy atom. The van der Waals surface area contributed by atoms with E-state index in [9.17, 15) is 9.59 Å². The van der Waals surface area contributed by atoms with Gasteiger partial charge in [0.25, 0.3) is 0 Å². The van der Waals surface area contributed by atoms with Crippen LogP contribution in [0.1, 0.15) is 481 Å². The minimum absolute atomic E-state index is 0. The van der Waals surface area contributed by atoms with Gasteiger partial charge in [-0.25, -0.2) is 60.3 Å². The normalized spacial score (nSPS) is 6.82. The second-order valence-corrected chi connectivity index (χ2v) is 39.0. The molecule has 0 radical (unpaired) electrons. The number of hydrogen-bond donors (Lipinski definition) is 1. The molecule has 2 fully saturated rings. The van der Waals surface area contributed by atoms with Crippen molar-refractivity contribution in [3.63, 3.8) is 0 Å². The first-order chi connectivity index (χ1) is 28.8. The van der Waals surface area contributed by atoms with E-state index in [-0.39, 0.29) is 924 Å². The number of nitrogens with zero attached hydrogens (tertiary/aromatic N) is 2. The minimum Gasteiger partial charge on any atom is -1.00 e. The Balaban J connectivity index is -0.00000000274. The first-order valence-electron chi connectivity index (χ1n) is 16.6. The third-order valence-electron chi connectivity index (χ3n) is 6.26. The molecular weight excluding hydrogens is 3120 g/mol. The van der Waals surface area contributed by atoms with Crippen molar-refractivity contribution >= 4 is 239 Å². The van der Waals surface area contributed by atoms with E-state index >= 15 is 0 Å². The van der Waals surface area contributed by atoms with Crippen LogP contribution in [-0.2, 0) is 75.6 Å². The largest absolute Gasteiger partial charge is 1.00 e. The zero-order valence-electron chi connectivity index (χ0n) is 46.7. The van der Waals surface area contributed by atoms with Gasteiger partial charge in [-0.1, -0.05) is 499 Å². The Morgan fingerprint density at radius 3 is 0.737 bits per heavy atom. The van der Waals surface area contributed by atoms with E-state index in [1.165, 1.54) is 0 Å². The van der Waals surface area contributed by atoms with E-state index < -0.39 is 53.1 Å². The number of amides is 2. The van der Waals surface area contributed by atoms with Crippen molar-refractivity contribution in [2.45, 2.75) is 478 Å². The third kappa shape index (κ3) is 511. The molecule has 6 atom stereocenters. The molecule has 2 aromatic carbocycles. The van der Waals surface area contributed by atoms with Crippen LogP contribution < -0.4 is 463 Å². The molecule has 2 aromatic rings. The van der Waals surface area contributed by atoms with Gasteiger partial charge < -0.3 is 161 Å². The number of methoxy groups -OCH3 is 2. The molecule has 4 rings (SSSR count). The zero-order chi connectivity index (χ0) is 49.4. The smallest absolute Gasteiger partial charge is 1.00 e. The van der Waals surface area contributed by atoms with Crippen LogP contribution in [0.25, 0.3) is 0 Å². The molecule has 49 heteroatoms. The molecule has 137 heavy (non-hydrogen) atoms. The molecular formula is C88H285Al2Br3Cl16CsCu2I3K2Li3N2Na3O5P4SZn2. The Hall–Kier alpha value is 20.5. The molecule has 0 aromatic heterocycles. The fourth-order valence-electron chi connectivity index (χ4n) is 3.98. The van der Waals surface area contributed by atoms with E-state index in [2.05, 4.69) is 51.5 Å². The average Bonchev–Trinajstić information content (AvgIpc) is 1.62. The summed E-state index contributed by atoms with van der Waals surface area (Å²) >= 11 is 15.5. The third-order valence-corrected chi connectivity index (χ3v) is 11.3. The number of carbonyl (C=O) groups excluding carboxylic acids is 3. The van der Waals surface area contributed by atoms with Gasteiger partial charge in [0, 0.05) is 42.2 Å². The molecule has 0 spiro atoms. The molecule has 0 N–H and O–H groups in total. The SMILES string of the molecule is C.C.C.C.C.C.C.C.C.C.C.C.C.C.C.C.C.C.C.C.C.C.C.C.C.C.C.C.C.C.C.C.C.C.C.C.C.C.C.C.C.C.C.C.C.C.C.C.C.C.C.C.C.C.C.C.C.C.C.C.COc1cccc(C2(C)CCN(PPC)C2=O)c1.COc1cccc(Cl)c1.CPPN1CCC(C)C1=O.[2H]C=O.[2H]CS.[Br-].[Br-].[Br-].[Cl-].[Cl-].[Cl-].[Cl-].[Cl-].[Cl][Al]([Cl])[Cl].[Cl][Al]([Cl])[Cl].[Cl][Zn][Cl].[Cl][Zn][Cl].[Cs+].[Cu][I].[Cu][I].[I-].[K+].[K+].[Li+].[Li+].[Li+].[Na+].[Na+].[Na+]. The fraction of sp³-hybridized carbons (Fsp3) is 0.830. The Morgan fingerprint density at radius 2 is 0.599 bits per heavy atom. The van der Waals surface area contributed by atoms with Crippen LogP contribution in [0.2, 0.25) is 5.02 Å². The minimum atomic E-state index is -1.72. The van der Waals surface area contributed by atoms with Gasteiger partial charge in [-0.3, -0.25) is 9.59 Å². The molecule has 0 saturated carbocycles.